The summed E-state index contributed by atoms with van der Waals surface area (Å²) in [5, 5.41) is 3.70. The first-order valence-corrected chi connectivity index (χ1v) is 7.50. The normalized spacial score (nSPS) is 28.9. The fourth-order valence-corrected chi connectivity index (χ4v) is 4.03. The Morgan fingerprint density at radius 1 is 1.25 bits per heavy atom. The highest BCUT2D eigenvalue weighted by Gasteiger charge is 2.41. The molecule has 1 aromatic rings. The Morgan fingerprint density at radius 2 is 1.90 bits per heavy atom. The van der Waals surface area contributed by atoms with Gasteiger partial charge in [-0.05, 0) is 54.9 Å². The van der Waals surface area contributed by atoms with Crippen molar-refractivity contribution >= 4 is 5.69 Å². The molecule has 1 saturated carbocycles. The van der Waals surface area contributed by atoms with Crippen LogP contribution in [0.5, 0.6) is 5.75 Å². The molecule has 0 saturated heterocycles. The highest BCUT2D eigenvalue weighted by atomic mass is 16.5. The predicted molar refractivity (Wildman–Crippen MR) is 85.2 cm³/mol. The van der Waals surface area contributed by atoms with Crippen molar-refractivity contribution in [1.82, 2.24) is 0 Å². The SMILES string of the molecule is COc1ccc(NC2(CN)CC(C)CC(C)(C)C2)cc1. The van der Waals surface area contributed by atoms with E-state index in [9.17, 15) is 0 Å². The van der Waals surface area contributed by atoms with Crippen LogP contribution >= 0.6 is 0 Å². The van der Waals surface area contributed by atoms with E-state index in [2.05, 4.69) is 38.2 Å². The summed E-state index contributed by atoms with van der Waals surface area (Å²) in [7, 11) is 1.69. The molecule has 0 aromatic heterocycles. The van der Waals surface area contributed by atoms with Crippen LogP contribution in [0.15, 0.2) is 24.3 Å². The Hall–Kier alpha value is -1.22. The molecule has 0 amide bonds. The third-order valence-corrected chi connectivity index (χ3v) is 4.35. The maximum absolute atomic E-state index is 6.14. The van der Waals surface area contributed by atoms with Gasteiger partial charge in [0.1, 0.15) is 5.75 Å². The van der Waals surface area contributed by atoms with Crippen LogP contribution in [0.1, 0.15) is 40.0 Å². The fourth-order valence-electron chi connectivity index (χ4n) is 4.03. The Balaban J connectivity index is 2.17. The minimum atomic E-state index is 0.00968. The summed E-state index contributed by atoms with van der Waals surface area (Å²) in [6.07, 6.45) is 3.53. The maximum Gasteiger partial charge on any atom is 0.119 e. The monoisotopic (exact) mass is 276 g/mol. The maximum atomic E-state index is 6.14. The minimum Gasteiger partial charge on any atom is -0.497 e. The lowest BCUT2D eigenvalue weighted by atomic mass is 9.64. The number of methoxy groups -OCH3 is 1. The topological polar surface area (TPSA) is 47.3 Å². The van der Waals surface area contributed by atoms with Crippen LogP contribution in [-0.2, 0) is 0 Å². The molecule has 2 unspecified atom stereocenters. The molecule has 1 aliphatic carbocycles. The van der Waals surface area contributed by atoms with Gasteiger partial charge in [0.15, 0.2) is 0 Å². The molecule has 0 bridgehead atoms. The molecule has 3 heteroatoms. The van der Waals surface area contributed by atoms with Gasteiger partial charge in [0.25, 0.3) is 0 Å². The van der Waals surface area contributed by atoms with Crippen LogP contribution in [0.25, 0.3) is 0 Å². The predicted octanol–water partition coefficient (Wildman–Crippen LogP) is 3.65. The van der Waals surface area contributed by atoms with Crippen molar-refractivity contribution in [3.63, 3.8) is 0 Å². The van der Waals surface area contributed by atoms with Crippen LogP contribution in [0.2, 0.25) is 0 Å². The molecule has 3 nitrogen and oxygen atoms in total. The van der Waals surface area contributed by atoms with Gasteiger partial charge in [-0.1, -0.05) is 20.8 Å². The van der Waals surface area contributed by atoms with E-state index in [1.54, 1.807) is 7.11 Å². The van der Waals surface area contributed by atoms with Gasteiger partial charge in [-0.25, -0.2) is 0 Å². The fraction of sp³-hybridized carbons (Fsp3) is 0.647. The number of hydrogen-bond acceptors (Lipinski definition) is 3. The van der Waals surface area contributed by atoms with Gasteiger partial charge in [-0.3, -0.25) is 0 Å². The smallest absolute Gasteiger partial charge is 0.119 e. The summed E-state index contributed by atoms with van der Waals surface area (Å²) in [5.74, 6) is 1.59. The van der Waals surface area contributed by atoms with Crippen molar-refractivity contribution in [3.05, 3.63) is 24.3 Å². The Morgan fingerprint density at radius 3 is 2.40 bits per heavy atom. The second kappa shape index (κ2) is 5.65. The van der Waals surface area contributed by atoms with Gasteiger partial charge in [0.2, 0.25) is 0 Å². The summed E-state index contributed by atoms with van der Waals surface area (Å²) in [4.78, 5) is 0. The molecule has 20 heavy (non-hydrogen) atoms. The highest BCUT2D eigenvalue weighted by molar-refractivity contribution is 5.48. The zero-order chi connectivity index (χ0) is 14.8. The van der Waals surface area contributed by atoms with Crippen molar-refractivity contribution < 1.29 is 4.74 Å². The molecule has 3 N–H and O–H groups in total. The second-order valence-corrected chi connectivity index (χ2v) is 7.19. The van der Waals surface area contributed by atoms with Gasteiger partial charge in [-0.15, -0.1) is 0 Å². The van der Waals surface area contributed by atoms with Crippen LogP contribution in [0.4, 0.5) is 5.69 Å². The zero-order valence-corrected chi connectivity index (χ0v) is 13.2. The van der Waals surface area contributed by atoms with Crippen molar-refractivity contribution in [2.45, 2.75) is 45.6 Å². The Labute approximate surface area is 122 Å². The van der Waals surface area contributed by atoms with E-state index in [1.807, 2.05) is 12.1 Å². The van der Waals surface area contributed by atoms with E-state index in [-0.39, 0.29) is 5.54 Å². The quantitative estimate of drug-likeness (QED) is 0.882. The van der Waals surface area contributed by atoms with Crippen molar-refractivity contribution in [2.24, 2.45) is 17.1 Å². The number of ether oxygens (including phenoxy) is 1. The third kappa shape index (κ3) is 3.45. The summed E-state index contributed by atoms with van der Waals surface area (Å²) < 4.78 is 5.21. The molecule has 0 radical (unpaired) electrons. The largest absolute Gasteiger partial charge is 0.497 e. The molecule has 1 aromatic carbocycles. The lowest BCUT2D eigenvalue weighted by Gasteiger charge is -2.48. The van der Waals surface area contributed by atoms with Crippen molar-refractivity contribution in [2.75, 3.05) is 19.0 Å². The molecule has 0 aliphatic heterocycles. The van der Waals surface area contributed by atoms with Gasteiger partial charge >= 0.3 is 0 Å². The average molecular weight is 276 g/mol. The molecule has 1 fully saturated rings. The average Bonchev–Trinajstić information content (AvgIpc) is 2.37. The minimum absolute atomic E-state index is 0.00968. The summed E-state index contributed by atoms with van der Waals surface area (Å²) in [6, 6.07) is 8.12. The van der Waals surface area contributed by atoms with E-state index in [0.717, 1.165) is 24.3 Å². The molecular formula is C17H28N2O. The molecule has 0 heterocycles. The second-order valence-electron chi connectivity index (χ2n) is 7.19. The van der Waals surface area contributed by atoms with E-state index >= 15 is 0 Å². The molecule has 2 atom stereocenters. The summed E-state index contributed by atoms with van der Waals surface area (Å²) in [6.45, 7) is 7.71. The third-order valence-electron chi connectivity index (χ3n) is 4.35. The lowest BCUT2D eigenvalue weighted by Crippen LogP contribution is -2.52. The summed E-state index contributed by atoms with van der Waals surface area (Å²) >= 11 is 0. The Kier molecular flexibility index (Phi) is 4.28. The first-order valence-electron chi connectivity index (χ1n) is 7.50. The van der Waals surface area contributed by atoms with Crippen molar-refractivity contribution in [3.8, 4) is 5.75 Å². The molecule has 112 valence electrons. The molecule has 2 rings (SSSR count). The molecular weight excluding hydrogens is 248 g/mol. The number of rotatable bonds is 4. The van der Waals surface area contributed by atoms with Gasteiger partial charge in [0, 0.05) is 12.2 Å². The van der Waals surface area contributed by atoms with E-state index in [0.29, 0.717) is 17.9 Å². The number of benzene rings is 1. The van der Waals surface area contributed by atoms with Crippen LogP contribution in [0, 0.1) is 11.3 Å². The van der Waals surface area contributed by atoms with Gasteiger partial charge < -0.3 is 15.8 Å². The first kappa shape index (κ1) is 15.2. The number of nitrogens with two attached hydrogens (primary N) is 1. The van der Waals surface area contributed by atoms with Gasteiger partial charge in [-0.2, -0.15) is 0 Å². The zero-order valence-electron chi connectivity index (χ0n) is 13.2. The summed E-state index contributed by atoms with van der Waals surface area (Å²) in [5.41, 5.74) is 7.62. The van der Waals surface area contributed by atoms with Crippen molar-refractivity contribution in [1.29, 1.82) is 0 Å². The van der Waals surface area contributed by atoms with E-state index in [1.165, 1.54) is 6.42 Å². The molecule has 0 spiro atoms. The van der Waals surface area contributed by atoms with Crippen LogP contribution < -0.4 is 15.8 Å². The Bertz CT molecular complexity index is 441. The van der Waals surface area contributed by atoms with Crippen LogP contribution in [-0.4, -0.2) is 19.2 Å². The van der Waals surface area contributed by atoms with Crippen LogP contribution in [0.3, 0.4) is 0 Å². The van der Waals surface area contributed by atoms with E-state index in [4.69, 9.17) is 10.5 Å². The van der Waals surface area contributed by atoms with Gasteiger partial charge in [0.05, 0.1) is 12.6 Å². The first-order chi connectivity index (χ1) is 9.38. The standard InChI is InChI=1S/C17H28N2O/c1-13-9-16(2,3)11-17(10-13,12-18)19-14-5-7-15(20-4)8-6-14/h5-8,13,19H,9-12,18H2,1-4H3. The highest BCUT2D eigenvalue weighted by Crippen LogP contribution is 2.44. The molecule has 1 aliphatic rings. The van der Waals surface area contributed by atoms with E-state index < -0.39 is 0 Å². The number of anilines is 1. The number of nitrogens with one attached hydrogen (secondary N) is 1. The number of hydrogen-bond donors (Lipinski definition) is 2. The lowest BCUT2D eigenvalue weighted by molar-refractivity contribution is 0.125.